The maximum Gasteiger partial charge on any atom is 0.325 e. The third-order valence-corrected chi connectivity index (χ3v) is 5.09. The first-order valence-electron chi connectivity index (χ1n) is 9.89. The lowest BCUT2D eigenvalue weighted by molar-refractivity contribution is -0.385. The van der Waals surface area contributed by atoms with Crippen LogP contribution in [0.1, 0.15) is 18.4 Å². The number of nitro benzene ring substituents is 1. The highest BCUT2D eigenvalue weighted by Gasteiger charge is 2.28. The molecule has 1 aromatic rings. The molecule has 0 aromatic heterocycles. The Bertz CT molecular complexity index is 866. The van der Waals surface area contributed by atoms with Crippen molar-refractivity contribution in [1.29, 1.82) is 0 Å². The number of benzene rings is 1. The fraction of sp³-hybridized carbons (Fsp3) is 0.500. The molecule has 2 amide bonds. The van der Waals surface area contributed by atoms with Crippen LogP contribution in [-0.4, -0.2) is 79.2 Å². The lowest BCUT2D eigenvalue weighted by atomic mass is 10.1. The van der Waals surface area contributed by atoms with Gasteiger partial charge in [-0.2, -0.15) is 12.6 Å². The van der Waals surface area contributed by atoms with Crippen LogP contribution in [0.3, 0.4) is 0 Å². The largest absolute Gasteiger partial charge is 0.468 e. The molecule has 12 nitrogen and oxygen atoms in total. The van der Waals surface area contributed by atoms with Crippen LogP contribution in [0.5, 0.6) is 0 Å². The summed E-state index contributed by atoms with van der Waals surface area (Å²) in [5.74, 6) is -2.39. The van der Waals surface area contributed by atoms with Gasteiger partial charge in [-0.3, -0.25) is 34.2 Å². The number of hydrogen-bond acceptors (Lipinski definition) is 10. The van der Waals surface area contributed by atoms with Gasteiger partial charge in [-0.15, -0.1) is 0 Å². The maximum atomic E-state index is 12.4. The average Bonchev–Trinajstić information content (AvgIpc) is 2.80. The second-order valence-electron chi connectivity index (χ2n) is 6.98. The normalized spacial score (nSPS) is 12.4. The maximum absolute atomic E-state index is 12.4. The van der Waals surface area contributed by atoms with E-state index in [1.165, 1.54) is 20.3 Å². The summed E-state index contributed by atoms with van der Waals surface area (Å²) in [6.07, 6.45) is -0.0890. The number of para-hydroxylation sites is 1. The number of carbonyl (C=O) groups excluding carboxylic acids is 4. The molecule has 2 atom stereocenters. The smallest absolute Gasteiger partial charge is 0.325 e. The summed E-state index contributed by atoms with van der Waals surface area (Å²) in [7, 11) is 3.97. The Balaban J connectivity index is 2.76. The molecule has 0 radical (unpaired) electrons. The Labute approximate surface area is 196 Å². The van der Waals surface area contributed by atoms with Gasteiger partial charge in [0.25, 0.3) is 5.69 Å². The first-order chi connectivity index (χ1) is 15.6. The molecule has 0 saturated carbocycles. The predicted octanol–water partition coefficient (Wildman–Crippen LogP) is 0.0522. The Morgan fingerprint density at radius 2 is 1.85 bits per heavy atom. The third-order valence-electron chi connectivity index (χ3n) is 4.73. The number of nitrogens with zero attached hydrogens (tertiary/aromatic N) is 2. The number of likely N-dealkylation sites (N-methyl/N-ethyl adjacent to an activating group) is 1. The van der Waals surface area contributed by atoms with Crippen molar-refractivity contribution in [3.8, 4) is 0 Å². The molecular formula is C20H28N4O8S. The van der Waals surface area contributed by atoms with Crippen molar-refractivity contribution in [2.75, 3.05) is 33.6 Å². The van der Waals surface area contributed by atoms with E-state index in [-0.39, 0.29) is 37.4 Å². The molecule has 1 aromatic carbocycles. The molecule has 0 aliphatic carbocycles. The van der Waals surface area contributed by atoms with Gasteiger partial charge in [0.15, 0.2) is 0 Å². The van der Waals surface area contributed by atoms with Crippen molar-refractivity contribution < 1.29 is 33.6 Å². The van der Waals surface area contributed by atoms with Crippen LogP contribution in [0.25, 0.3) is 0 Å². The molecule has 13 heteroatoms. The van der Waals surface area contributed by atoms with E-state index >= 15 is 0 Å². The van der Waals surface area contributed by atoms with Gasteiger partial charge in [0, 0.05) is 30.3 Å². The van der Waals surface area contributed by atoms with Crippen molar-refractivity contribution in [3.63, 3.8) is 0 Å². The summed E-state index contributed by atoms with van der Waals surface area (Å²) in [4.78, 5) is 60.2. The summed E-state index contributed by atoms with van der Waals surface area (Å²) in [5.41, 5.74) is 0.320. The average molecular weight is 485 g/mol. The lowest BCUT2D eigenvalue weighted by Crippen LogP contribution is -2.49. The molecule has 2 N–H and O–H groups in total. The number of hydrogen-bond donors (Lipinski definition) is 3. The molecule has 182 valence electrons. The number of methoxy groups -OCH3 is 2. The molecule has 0 spiro atoms. The third kappa shape index (κ3) is 9.06. The first kappa shape index (κ1) is 27.8. The molecule has 1 rings (SSSR count). The van der Waals surface area contributed by atoms with Crippen LogP contribution < -0.4 is 10.6 Å². The van der Waals surface area contributed by atoms with E-state index in [4.69, 9.17) is 4.74 Å². The first-order valence-corrected chi connectivity index (χ1v) is 10.5. The van der Waals surface area contributed by atoms with E-state index in [9.17, 15) is 29.3 Å². The van der Waals surface area contributed by atoms with Gasteiger partial charge in [0.05, 0.1) is 19.1 Å². The zero-order valence-electron chi connectivity index (χ0n) is 18.6. The topological polar surface area (TPSA) is 157 Å². The Hall–Kier alpha value is -3.19. The Kier molecular flexibility index (Phi) is 11.9. The molecule has 0 fully saturated rings. The van der Waals surface area contributed by atoms with E-state index in [1.54, 1.807) is 30.1 Å². The van der Waals surface area contributed by atoms with Crippen molar-refractivity contribution in [1.82, 2.24) is 15.5 Å². The van der Waals surface area contributed by atoms with Gasteiger partial charge in [0.2, 0.25) is 11.8 Å². The van der Waals surface area contributed by atoms with Gasteiger partial charge in [-0.25, -0.2) is 0 Å². The van der Waals surface area contributed by atoms with Crippen LogP contribution in [-0.2, 0) is 35.2 Å². The Morgan fingerprint density at radius 3 is 2.42 bits per heavy atom. The fourth-order valence-electron chi connectivity index (χ4n) is 2.94. The molecular weight excluding hydrogens is 456 g/mol. The van der Waals surface area contributed by atoms with Crippen molar-refractivity contribution in [2.45, 2.75) is 31.5 Å². The fourth-order valence-corrected chi connectivity index (χ4v) is 3.20. The van der Waals surface area contributed by atoms with Crippen LogP contribution >= 0.6 is 12.6 Å². The molecule has 0 unspecified atom stereocenters. The summed E-state index contributed by atoms with van der Waals surface area (Å²) >= 11 is 4.04. The van der Waals surface area contributed by atoms with Gasteiger partial charge in [0.1, 0.15) is 18.6 Å². The predicted molar refractivity (Wildman–Crippen MR) is 120 cm³/mol. The minimum atomic E-state index is -0.994. The van der Waals surface area contributed by atoms with Crippen molar-refractivity contribution >= 4 is 42.1 Å². The SMILES string of the molecule is COC(=O)CNC(=O)[C@H](CS)NC(=O)CC[C@@H](C(=O)OC)N(C)Cc1ccccc1[N+](=O)[O-]. The minimum absolute atomic E-state index is 0.0171. The van der Waals surface area contributed by atoms with E-state index in [0.29, 0.717) is 5.56 Å². The number of thiol groups is 1. The zero-order chi connectivity index (χ0) is 25.0. The monoisotopic (exact) mass is 484 g/mol. The van der Waals surface area contributed by atoms with E-state index in [2.05, 4.69) is 28.0 Å². The standard InChI is InChI=1S/C20H28N4O8S/c1-23(11-13-6-4-5-7-15(13)24(29)30)16(20(28)32-3)8-9-17(25)22-14(12-33)19(27)21-10-18(26)31-2/h4-7,14,16,33H,8-12H2,1-3H3,(H,21,27)(H,22,25)/t14-,16-/m0/s1. The minimum Gasteiger partial charge on any atom is -0.468 e. The lowest BCUT2D eigenvalue weighted by Gasteiger charge is -2.26. The van der Waals surface area contributed by atoms with Crippen molar-refractivity contribution in [2.24, 2.45) is 0 Å². The highest BCUT2D eigenvalue weighted by Crippen LogP contribution is 2.21. The molecule has 0 saturated heterocycles. The molecule has 0 aliphatic heterocycles. The van der Waals surface area contributed by atoms with E-state index in [1.807, 2.05) is 0 Å². The molecule has 0 heterocycles. The Morgan fingerprint density at radius 1 is 1.18 bits per heavy atom. The van der Waals surface area contributed by atoms with Crippen LogP contribution in [0.4, 0.5) is 5.69 Å². The zero-order valence-corrected chi connectivity index (χ0v) is 19.5. The van der Waals surface area contributed by atoms with Crippen LogP contribution in [0.2, 0.25) is 0 Å². The molecule has 0 bridgehead atoms. The number of carbonyl (C=O) groups is 4. The van der Waals surface area contributed by atoms with Gasteiger partial charge in [-0.05, 0) is 13.5 Å². The number of nitro groups is 1. The summed E-state index contributed by atoms with van der Waals surface area (Å²) in [6, 6.07) is 4.30. The van der Waals surface area contributed by atoms with Crippen LogP contribution in [0.15, 0.2) is 24.3 Å². The van der Waals surface area contributed by atoms with Gasteiger partial charge >= 0.3 is 11.9 Å². The summed E-state index contributed by atoms with van der Waals surface area (Å²) < 4.78 is 9.25. The van der Waals surface area contributed by atoms with E-state index < -0.39 is 40.8 Å². The summed E-state index contributed by atoms with van der Waals surface area (Å²) in [6.45, 7) is -0.274. The molecule has 0 aliphatic rings. The second kappa shape index (κ2) is 14.1. The van der Waals surface area contributed by atoms with Crippen LogP contribution in [0, 0.1) is 10.1 Å². The second-order valence-corrected chi connectivity index (χ2v) is 7.34. The number of amides is 2. The quantitative estimate of drug-likeness (QED) is 0.152. The number of nitrogens with one attached hydrogen (secondary N) is 2. The van der Waals surface area contributed by atoms with E-state index in [0.717, 1.165) is 0 Å². The summed E-state index contributed by atoms with van der Waals surface area (Å²) in [5, 5.41) is 16.1. The van der Waals surface area contributed by atoms with Crippen molar-refractivity contribution in [3.05, 3.63) is 39.9 Å². The number of esters is 2. The highest BCUT2D eigenvalue weighted by molar-refractivity contribution is 7.80. The van der Waals surface area contributed by atoms with Gasteiger partial charge < -0.3 is 20.1 Å². The van der Waals surface area contributed by atoms with Gasteiger partial charge in [-0.1, -0.05) is 18.2 Å². The molecule has 33 heavy (non-hydrogen) atoms. The number of ether oxygens (including phenoxy) is 2. The highest BCUT2D eigenvalue weighted by atomic mass is 32.1. The number of rotatable bonds is 13.